The number of rotatable bonds is 8. The molecule has 1 aromatic carbocycles. The molecule has 0 fully saturated rings. The number of nitriles is 1. The van der Waals surface area contributed by atoms with Crippen LogP contribution in [0.4, 0.5) is 11.4 Å². The van der Waals surface area contributed by atoms with E-state index in [1.807, 2.05) is 18.2 Å². The van der Waals surface area contributed by atoms with Crippen LogP contribution in [0.3, 0.4) is 0 Å². The Morgan fingerprint density at radius 2 is 2.12 bits per heavy atom. The molecule has 1 heterocycles. The van der Waals surface area contributed by atoms with Gasteiger partial charge < -0.3 is 19.7 Å². The molecular weight excluding hydrogens is 318 g/mol. The lowest BCUT2D eigenvalue weighted by Crippen LogP contribution is -2.25. The van der Waals surface area contributed by atoms with Crippen molar-refractivity contribution in [2.75, 3.05) is 23.3 Å². The Morgan fingerprint density at radius 1 is 1.32 bits per heavy atom. The molecule has 2 rings (SSSR count). The normalized spacial score (nSPS) is 10.3. The lowest BCUT2D eigenvalue weighted by Gasteiger charge is -2.26. The highest BCUT2D eigenvalue weighted by Crippen LogP contribution is 2.28. The zero-order valence-corrected chi connectivity index (χ0v) is 14.6. The summed E-state index contributed by atoms with van der Waals surface area (Å²) in [5.74, 6) is -0.259. The van der Waals surface area contributed by atoms with Crippen molar-refractivity contribution in [1.29, 1.82) is 5.26 Å². The second-order valence-corrected chi connectivity index (χ2v) is 5.67. The first-order valence-corrected chi connectivity index (χ1v) is 8.42. The summed E-state index contributed by atoms with van der Waals surface area (Å²) < 4.78 is 5.18. The molecule has 1 aromatic heterocycles. The van der Waals surface area contributed by atoms with Crippen LogP contribution in [0, 0.1) is 11.3 Å². The van der Waals surface area contributed by atoms with E-state index in [0.717, 1.165) is 31.6 Å². The molecule has 6 nitrogen and oxygen atoms in total. The quantitative estimate of drug-likeness (QED) is 0.767. The van der Waals surface area contributed by atoms with Gasteiger partial charge in [0.05, 0.1) is 18.0 Å². The average molecular weight is 341 g/mol. The van der Waals surface area contributed by atoms with Gasteiger partial charge in [-0.25, -0.2) is 0 Å². The number of anilines is 2. The van der Waals surface area contributed by atoms with Gasteiger partial charge in [-0.3, -0.25) is 4.79 Å². The van der Waals surface area contributed by atoms with E-state index in [2.05, 4.69) is 24.1 Å². The molecule has 132 valence electrons. The number of nitrogens with zero attached hydrogens (tertiary/aromatic N) is 2. The number of benzene rings is 1. The van der Waals surface area contributed by atoms with Gasteiger partial charge in [-0.2, -0.15) is 5.26 Å². The van der Waals surface area contributed by atoms with Gasteiger partial charge >= 0.3 is 0 Å². The number of furan rings is 1. The molecule has 0 spiro atoms. The van der Waals surface area contributed by atoms with Crippen LogP contribution < -0.4 is 10.2 Å². The molecule has 0 unspecified atom stereocenters. The molecule has 2 N–H and O–H groups in total. The Morgan fingerprint density at radius 3 is 2.72 bits per heavy atom. The first-order chi connectivity index (χ1) is 12.1. The lowest BCUT2D eigenvalue weighted by molar-refractivity contribution is 0.0996. The van der Waals surface area contributed by atoms with E-state index in [0.29, 0.717) is 11.3 Å². The van der Waals surface area contributed by atoms with Gasteiger partial charge in [0.1, 0.15) is 6.07 Å². The Bertz CT molecular complexity index is 762. The average Bonchev–Trinajstić information content (AvgIpc) is 3.12. The number of aliphatic hydroxyl groups excluding tert-OH is 1. The minimum Gasteiger partial charge on any atom is -0.440 e. The van der Waals surface area contributed by atoms with E-state index in [9.17, 15) is 9.90 Å². The number of aliphatic hydroxyl groups is 1. The van der Waals surface area contributed by atoms with Crippen LogP contribution in [-0.4, -0.2) is 24.1 Å². The van der Waals surface area contributed by atoms with Gasteiger partial charge in [-0.05, 0) is 43.2 Å². The summed E-state index contributed by atoms with van der Waals surface area (Å²) >= 11 is 0. The van der Waals surface area contributed by atoms with Crippen LogP contribution in [0.5, 0.6) is 0 Å². The fraction of sp³-hybridized carbons (Fsp3) is 0.368. The number of hydrogen-bond donors (Lipinski definition) is 2. The number of carbonyl (C=O) groups is 1. The molecule has 25 heavy (non-hydrogen) atoms. The molecule has 0 aliphatic carbocycles. The van der Waals surface area contributed by atoms with E-state index in [1.165, 1.54) is 12.1 Å². The predicted molar refractivity (Wildman–Crippen MR) is 96.5 cm³/mol. The van der Waals surface area contributed by atoms with Crippen LogP contribution in [0.15, 0.2) is 34.7 Å². The number of carbonyl (C=O) groups excluding carboxylic acids is 1. The van der Waals surface area contributed by atoms with Gasteiger partial charge in [-0.1, -0.05) is 19.4 Å². The maximum absolute atomic E-state index is 12.4. The number of nitrogens with one attached hydrogen (secondary N) is 1. The fourth-order valence-corrected chi connectivity index (χ4v) is 2.56. The molecule has 6 heteroatoms. The molecule has 1 amide bonds. The van der Waals surface area contributed by atoms with Crippen LogP contribution in [0.2, 0.25) is 0 Å². The maximum Gasteiger partial charge on any atom is 0.291 e. The lowest BCUT2D eigenvalue weighted by atomic mass is 10.1. The Kier molecular flexibility index (Phi) is 6.61. The van der Waals surface area contributed by atoms with Gasteiger partial charge in [0.25, 0.3) is 5.91 Å². The van der Waals surface area contributed by atoms with Crippen molar-refractivity contribution < 1.29 is 14.3 Å². The molecule has 0 saturated heterocycles. The van der Waals surface area contributed by atoms with E-state index in [-0.39, 0.29) is 18.1 Å². The standard InChI is InChI=1S/C19H23N3O3/c1-3-5-10-22(4-2)17-8-6-14(13-23)11-16(17)21-19(24)18-9-7-15(12-20)25-18/h6-9,11,23H,3-5,10,13H2,1-2H3,(H,21,24). The summed E-state index contributed by atoms with van der Waals surface area (Å²) in [7, 11) is 0. The fourth-order valence-electron chi connectivity index (χ4n) is 2.56. The highest BCUT2D eigenvalue weighted by Gasteiger charge is 2.16. The third-order valence-corrected chi connectivity index (χ3v) is 3.94. The van der Waals surface area contributed by atoms with E-state index in [4.69, 9.17) is 9.68 Å². The summed E-state index contributed by atoms with van der Waals surface area (Å²) in [5, 5.41) is 21.0. The van der Waals surface area contributed by atoms with Crippen molar-refractivity contribution >= 4 is 17.3 Å². The highest BCUT2D eigenvalue weighted by molar-refractivity contribution is 6.04. The topological polar surface area (TPSA) is 89.5 Å². The second kappa shape index (κ2) is 8.90. The Hall–Kier alpha value is -2.78. The molecule has 2 aromatic rings. The van der Waals surface area contributed by atoms with Gasteiger partial charge in [0.2, 0.25) is 5.76 Å². The Balaban J connectivity index is 2.30. The number of unbranched alkanes of at least 4 members (excludes halogenated alkanes) is 1. The second-order valence-electron chi connectivity index (χ2n) is 5.67. The minimum atomic E-state index is -0.426. The highest BCUT2D eigenvalue weighted by atomic mass is 16.3. The smallest absolute Gasteiger partial charge is 0.291 e. The van der Waals surface area contributed by atoms with E-state index < -0.39 is 5.91 Å². The van der Waals surface area contributed by atoms with Gasteiger partial charge in [0, 0.05) is 13.1 Å². The molecule has 0 radical (unpaired) electrons. The predicted octanol–water partition coefficient (Wildman–Crippen LogP) is 3.52. The van der Waals surface area contributed by atoms with Gasteiger partial charge in [-0.15, -0.1) is 0 Å². The van der Waals surface area contributed by atoms with Gasteiger partial charge in [0.15, 0.2) is 5.76 Å². The zero-order valence-electron chi connectivity index (χ0n) is 14.6. The third kappa shape index (κ3) is 4.61. The van der Waals surface area contributed by atoms with E-state index >= 15 is 0 Å². The molecule has 0 atom stereocenters. The minimum absolute atomic E-state index is 0.0773. The Labute approximate surface area is 147 Å². The molecule has 0 saturated carbocycles. The molecule has 0 bridgehead atoms. The number of amides is 1. The molecule has 0 aliphatic rings. The SMILES string of the molecule is CCCCN(CC)c1ccc(CO)cc1NC(=O)c1ccc(C#N)o1. The van der Waals surface area contributed by atoms with Crippen molar-refractivity contribution in [3.63, 3.8) is 0 Å². The first kappa shape index (κ1) is 18.6. The molecule has 0 aliphatic heterocycles. The summed E-state index contributed by atoms with van der Waals surface area (Å²) in [6, 6.07) is 10.3. The van der Waals surface area contributed by atoms with E-state index in [1.54, 1.807) is 6.07 Å². The number of hydrogen-bond acceptors (Lipinski definition) is 5. The first-order valence-electron chi connectivity index (χ1n) is 8.42. The van der Waals surface area contributed by atoms with Crippen molar-refractivity contribution in [3.05, 3.63) is 47.4 Å². The zero-order chi connectivity index (χ0) is 18.2. The van der Waals surface area contributed by atoms with Crippen LogP contribution in [0.1, 0.15) is 48.6 Å². The van der Waals surface area contributed by atoms with Crippen LogP contribution in [-0.2, 0) is 6.61 Å². The summed E-state index contributed by atoms with van der Waals surface area (Å²) in [6.07, 6.45) is 2.13. The largest absolute Gasteiger partial charge is 0.440 e. The summed E-state index contributed by atoms with van der Waals surface area (Å²) in [6.45, 7) is 5.78. The molecular formula is C19H23N3O3. The summed E-state index contributed by atoms with van der Waals surface area (Å²) in [5.41, 5.74) is 2.22. The summed E-state index contributed by atoms with van der Waals surface area (Å²) in [4.78, 5) is 14.6. The third-order valence-electron chi connectivity index (χ3n) is 3.94. The van der Waals surface area contributed by atoms with Crippen LogP contribution >= 0.6 is 0 Å². The van der Waals surface area contributed by atoms with Crippen molar-refractivity contribution in [1.82, 2.24) is 0 Å². The monoisotopic (exact) mass is 341 g/mol. The maximum atomic E-state index is 12.4. The van der Waals surface area contributed by atoms with Crippen LogP contribution in [0.25, 0.3) is 0 Å². The van der Waals surface area contributed by atoms with Crippen molar-refractivity contribution in [2.24, 2.45) is 0 Å². The van der Waals surface area contributed by atoms with Crippen molar-refractivity contribution in [2.45, 2.75) is 33.3 Å². The van der Waals surface area contributed by atoms with Crippen molar-refractivity contribution in [3.8, 4) is 6.07 Å².